The highest BCUT2D eigenvalue weighted by Crippen LogP contribution is 2.35. The van der Waals surface area contributed by atoms with E-state index in [0.29, 0.717) is 6.54 Å². The molecule has 0 aromatic heterocycles. The van der Waals surface area contributed by atoms with Crippen LogP contribution in [0.15, 0.2) is 30.3 Å². The van der Waals surface area contributed by atoms with Crippen molar-refractivity contribution in [3.05, 3.63) is 35.9 Å². The van der Waals surface area contributed by atoms with Crippen LogP contribution in [0.25, 0.3) is 0 Å². The predicted octanol–water partition coefficient (Wildman–Crippen LogP) is 3.92. The molecule has 7 heteroatoms. The Kier molecular flexibility index (Phi) is 9.51. The van der Waals surface area contributed by atoms with Gasteiger partial charge in [0.2, 0.25) is 11.8 Å². The third-order valence-electron chi connectivity index (χ3n) is 6.55. The highest BCUT2D eigenvalue weighted by molar-refractivity contribution is 7.98. The Labute approximate surface area is 191 Å². The Morgan fingerprint density at radius 3 is 2.40 bits per heavy atom. The zero-order valence-corrected chi connectivity index (χ0v) is 20.1. The smallest absolute Gasteiger partial charge is 0.241 e. The largest absolute Gasteiger partial charge is 0.342 e. The number of piperidine rings is 1. The second-order valence-electron chi connectivity index (χ2n) is 8.26. The van der Waals surface area contributed by atoms with Crippen LogP contribution < -0.4 is 5.32 Å². The average molecular weight is 454 g/mol. The molecule has 30 heavy (non-hydrogen) atoms. The van der Waals surface area contributed by atoms with Gasteiger partial charge in [-0.3, -0.25) is 14.9 Å². The maximum Gasteiger partial charge on any atom is 0.241 e. The average Bonchev–Trinajstić information content (AvgIpc) is 2.99. The lowest BCUT2D eigenvalue weighted by molar-refractivity contribution is -0.140. The lowest BCUT2D eigenvalue weighted by atomic mass is 9.93. The second-order valence-corrected chi connectivity index (χ2v) is 9.24. The Morgan fingerprint density at radius 2 is 1.83 bits per heavy atom. The van der Waals surface area contributed by atoms with Gasteiger partial charge >= 0.3 is 0 Å². The van der Waals surface area contributed by atoms with Gasteiger partial charge in [-0.2, -0.15) is 11.8 Å². The molecule has 2 saturated heterocycles. The summed E-state index contributed by atoms with van der Waals surface area (Å²) < 4.78 is 0. The van der Waals surface area contributed by atoms with E-state index in [-0.39, 0.29) is 41.8 Å². The fourth-order valence-corrected chi connectivity index (χ4v) is 5.17. The molecule has 1 N–H and O–H groups in total. The van der Waals surface area contributed by atoms with Gasteiger partial charge in [0.15, 0.2) is 0 Å². The molecular weight excluding hydrogens is 418 g/mol. The van der Waals surface area contributed by atoms with Crippen molar-refractivity contribution in [1.29, 1.82) is 0 Å². The van der Waals surface area contributed by atoms with Crippen LogP contribution in [-0.4, -0.2) is 58.4 Å². The van der Waals surface area contributed by atoms with Crippen molar-refractivity contribution in [1.82, 2.24) is 15.1 Å². The standard InChI is InChI=1S/C23H35N3O2S.ClH/c1-4-19(5-2)21(27)25-14-12-23(13-15-25)24-20(11-16-29-3)22(28)26(23)17-18-9-7-6-8-10-18;/h6-10,19-20,24H,4-5,11-17H2,1-3H3;1H. The molecule has 0 saturated carbocycles. The maximum absolute atomic E-state index is 13.3. The minimum atomic E-state index is -0.333. The van der Waals surface area contributed by atoms with Crippen LogP contribution >= 0.6 is 24.2 Å². The van der Waals surface area contributed by atoms with Crippen LogP contribution in [-0.2, 0) is 16.1 Å². The zero-order chi connectivity index (χ0) is 20.9. The van der Waals surface area contributed by atoms with Gasteiger partial charge in [-0.1, -0.05) is 44.2 Å². The summed E-state index contributed by atoms with van der Waals surface area (Å²) in [5.74, 6) is 1.58. The molecule has 2 heterocycles. The van der Waals surface area contributed by atoms with E-state index in [9.17, 15) is 9.59 Å². The summed E-state index contributed by atoms with van der Waals surface area (Å²) in [5.41, 5.74) is 0.823. The number of halogens is 1. The van der Waals surface area contributed by atoms with Crippen LogP contribution in [0.3, 0.4) is 0 Å². The van der Waals surface area contributed by atoms with Gasteiger partial charge in [0.25, 0.3) is 0 Å². The normalized spacial score (nSPS) is 20.7. The van der Waals surface area contributed by atoms with Gasteiger partial charge < -0.3 is 9.80 Å². The summed E-state index contributed by atoms with van der Waals surface area (Å²) in [6.07, 6.45) is 6.32. The number of hydrogen-bond donors (Lipinski definition) is 1. The van der Waals surface area contributed by atoms with E-state index in [1.165, 1.54) is 0 Å². The van der Waals surface area contributed by atoms with Gasteiger partial charge in [0, 0.05) is 38.4 Å². The maximum atomic E-state index is 13.3. The molecule has 2 amide bonds. The van der Waals surface area contributed by atoms with Crippen LogP contribution in [0.5, 0.6) is 0 Å². The summed E-state index contributed by atoms with van der Waals surface area (Å²) in [7, 11) is 0. The Hall–Kier alpha value is -1.24. The molecule has 3 rings (SSSR count). The number of amides is 2. The molecule has 1 aromatic rings. The number of rotatable bonds is 8. The molecule has 1 atom stereocenters. The van der Waals surface area contributed by atoms with Crippen LogP contribution in [0.2, 0.25) is 0 Å². The molecule has 168 valence electrons. The summed E-state index contributed by atoms with van der Waals surface area (Å²) >= 11 is 1.78. The van der Waals surface area contributed by atoms with Crippen molar-refractivity contribution >= 4 is 36.0 Å². The summed E-state index contributed by atoms with van der Waals surface area (Å²) in [6, 6.07) is 10.1. The molecule has 1 unspecified atom stereocenters. The van der Waals surface area contributed by atoms with Crippen LogP contribution in [0, 0.1) is 5.92 Å². The molecule has 2 aliphatic rings. The number of carbonyl (C=O) groups is 2. The van der Waals surface area contributed by atoms with E-state index in [0.717, 1.165) is 56.5 Å². The second kappa shape index (κ2) is 11.4. The molecule has 2 aliphatic heterocycles. The van der Waals surface area contributed by atoms with E-state index in [1.807, 2.05) is 23.1 Å². The molecule has 2 fully saturated rings. The van der Waals surface area contributed by atoms with Crippen molar-refractivity contribution in [2.24, 2.45) is 5.92 Å². The predicted molar refractivity (Wildman–Crippen MR) is 127 cm³/mol. The zero-order valence-electron chi connectivity index (χ0n) is 18.4. The first-order valence-corrected chi connectivity index (χ1v) is 12.3. The molecule has 1 spiro atoms. The molecule has 1 aromatic carbocycles. The lowest BCUT2D eigenvalue weighted by Gasteiger charge is -2.45. The highest BCUT2D eigenvalue weighted by Gasteiger charge is 2.51. The number of nitrogens with zero attached hydrogens (tertiary/aromatic N) is 2. The quantitative estimate of drug-likeness (QED) is 0.648. The number of thioether (sulfide) groups is 1. The number of benzene rings is 1. The fourth-order valence-electron chi connectivity index (χ4n) is 4.70. The third kappa shape index (κ3) is 5.32. The van der Waals surface area contributed by atoms with E-state index in [4.69, 9.17) is 0 Å². The number of nitrogens with one attached hydrogen (secondary N) is 1. The first kappa shape index (κ1) is 25.0. The number of hydrogen-bond acceptors (Lipinski definition) is 4. The van der Waals surface area contributed by atoms with Crippen molar-refractivity contribution in [2.45, 2.75) is 64.2 Å². The summed E-state index contributed by atoms with van der Waals surface area (Å²) in [6.45, 7) is 6.24. The van der Waals surface area contributed by atoms with Crippen LogP contribution in [0.4, 0.5) is 0 Å². The summed E-state index contributed by atoms with van der Waals surface area (Å²) in [5, 5.41) is 3.70. The van der Waals surface area contributed by atoms with Gasteiger partial charge in [0.1, 0.15) is 0 Å². The van der Waals surface area contributed by atoms with Gasteiger partial charge in [-0.25, -0.2) is 0 Å². The SMILES string of the molecule is CCC(CC)C(=O)N1CCC2(CC1)NC(CCSC)C(=O)N2Cc1ccccc1.Cl. The van der Waals surface area contributed by atoms with Crippen molar-refractivity contribution in [2.75, 3.05) is 25.1 Å². The summed E-state index contributed by atoms with van der Waals surface area (Å²) in [4.78, 5) is 30.2. The first-order chi connectivity index (χ1) is 14.0. The fraction of sp³-hybridized carbons (Fsp3) is 0.652. The Morgan fingerprint density at radius 1 is 1.20 bits per heavy atom. The molecule has 0 aliphatic carbocycles. The van der Waals surface area contributed by atoms with Gasteiger partial charge in [0.05, 0.1) is 11.7 Å². The lowest BCUT2D eigenvalue weighted by Crippen LogP contribution is -2.59. The highest BCUT2D eigenvalue weighted by atomic mass is 35.5. The molecular formula is C23H36ClN3O2S. The van der Waals surface area contributed by atoms with Crippen LogP contribution in [0.1, 0.15) is 51.5 Å². The topological polar surface area (TPSA) is 52.7 Å². The van der Waals surface area contributed by atoms with E-state index >= 15 is 0 Å². The van der Waals surface area contributed by atoms with Crippen molar-refractivity contribution in [3.63, 3.8) is 0 Å². The number of likely N-dealkylation sites (tertiary alicyclic amines) is 1. The molecule has 5 nitrogen and oxygen atoms in total. The van der Waals surface area contributed by atoms with Gasteiger partial charge in [-0.05, 0) is 36.8 Å². The Bertz CT molecular complexity index is 691. The monoisotopic (exact) mass is 453 g/mol. The van der Waals surface area contributed by atoms with Gasteiger partial charge in [-0.15, -0.1) is 12.4 Å². The third-order valence-corrected chi connectivity index (χ3v) is 7.20. The van der Waals surface area contributed by atoms with E-state index < -0.39 is 0 Å². The Balaban J connectivity index is 0.00000320. The number of carbonyl (C=O) groups excluding carboxylic acids is 2. The van der Waals surface area contributed by atoms with E-state index in [1.54, 1.807) is 11.8 Å². The minimum Gasteiger partial charge on any atom is -0.342 e. The molecule has 0 radical (unpaired) electrons. The minimum absolute atomic E-state index is 0. The van der Waals surface area contributed by atoms with Crippen molar-refractivity contribution in [3.8, 4) is 0 Å². The van der Waals surface area contributed by atoms with Crippen molar-refractivity contribution < 1.29 is 9.59 Å². The molecule has 0 bridgehead atoms. The first-order valence-electron chi connectivity index (χ1n) is 11.0. The van der Waals surface area contributed by atoms with E-state index in [2.05, 4.69) is 42.5 Å².